The van der Waals surface area contributed by atoms with Crippen LogP contribution in [0.15, 0.2) is 18.2 Å². The van der Waals surface area contributed by atoms with E-state index in [0.717, 1.165) is 12.8 Å². The average Bonchev–Trinajstić information content (AvgIpc) is 2.26. The molecule has 0 saturated heterocycles. The number of phenolic OH excluding ortho intramolecular Hbond substituents is 1. The van der Waals surface area contributed by atoms with Gasteiger partial charge in [0, 0.05) is 18.2 Å². The summed E-state index contributed by atoms with van der Waals surface area (Å²) in [6.45, 7) is 5.95. The Bertz CT molecular complexity index is 414. The Hall–Kier alpha value is -1.38. The lowest BCUT2D eigenvalue weighted by atomic mass is 9.98. The Balaban J connectivity index is 2.07. The van der Waals surface area contributed by atoms with E-state index in [9.17, 15) is 5.11 Å². The van der Waals surface area contributed by atoms with Gasteiger partial charge in [0.15, 0.2) is 0 Å². The third-order valence-electron chi connectivity index (χ3n) is 3.14. The lowest BCUT2D eigenvalue weighted by molar-refractivity contribution is 0.127. The summed E-state index contributed by atoms with van der Waals surface area (Å²) in [5.41, 5.74) is -0.282. The van der Waals surface area contributed by atoms with Crippen LogP contribution in [0.25, 0.3) is 0 Å². The summed E-state index contributed by atoms with van der Waals surface area (Å²) < 4.78 is 11.7. The minimum Gasteiger partial charge on any atom is -0.508 e. The van der Waals surface area contributed by atoms with Crippen LogP contribution in [-0.2, 0) is 0 Å². The normalized spacial score (nSPS) is 17.2. The van der Waals surface area contributed by atoms with E-state index in [-0.39, 0.29) is 17.5 Å². The number of aromatic hydroxyl groups is 1. The summed E-state index contributed by atoms with van der Waals surface area (Å²) >= 11 is 0. The van der Waals surface area contributed by atoms with Crippen molar-refractivity contribution in [1.29, 1.82) is 0 Å². The third-order valence-corrected chi connectivity index (χ3v) is 3.14. The van der Waals surface area contributed by atoms with Crippen LogP contribution in [-0.4, -0.2) is 16.8 Å². The molecule has 0 atom stereocenters. The maximum atomic E-state index is 9.76. The fraction of sp³-hybridized carbons (Fsp3) is 0.625. The minimum atomic E-state index is -0.282. The summed E-state index contributed by atoms with van der Waals surface area (Å²) in [5, 5.41) is 9.76. The van der Waals surface area contributed by atoms with Gasteiger partial charge in [-0.3, -0.25) is 0 Å². The fourth-order valence-corrected chi connectivity index (χ4v) is 2.41. The number of ether oxygens (including phenoxy) is 2. The summed E-state index contributed by atoms with van der Waals surface area (Å²) in [6.07, 6.45) is 6.25. The van der Waals surface area contributed by atoms with E-state index in [4.69, 9.17) is 9.47 Å². The number of phenols is 1. The quantitative estimate of drug-likeness (QED) is 0.885. The smallest absolute Gasteiger partial charge is 0.127 e. The molecule has 3 nitrogen and oxygen atoms in total. The van der Waals surface area contributed by atoms with Crippen LogP contribution >= 0.6 is 0 Å². The van der Waals surface area contributed by atoms with Crippen molar-refractivity contribution in [1.82, 2.24) is 0 Å². The molecule has 0 aromatic heterocycles. The highest BCUT2D eigenvalue weighted by atomic mass is 16.5. The fourth-order valence-electron chi connectivity index (χ4n) is 2.41. The third kappa shape index (κ3) is 4.66. The molecule has 1 aromatic carbocycles. The van der Waals surface area contributed by atoms with Gasteiger partial charge in [-0.15, -0.1) is 0 Å². The number of benzene rings is 1. The highest BCUT2D eigenvalue weighted by Crippen LogP contribution is 2.31. The van der Waals surface area contributed by atoms with Gasteiger partial charge < -0.3 is 14.6 Å². The zero-order chi connectivity index (χ0) is 13.9. The monoisotopic (exact) mass is 264 g/mol. The Morgan fingerprint density at radius 1 is 1.00 bits per heavy atom. The molecule has 1 aliphatic rings. The zero-order valence-corrected chi connectivity index (χ0v) is 12.1. The number of rotatable bonds is 3. The molecule has 1 N–H and O–H groups in total. The van der Waals surface area contributed by atoms with Crippen LogP contribution in [0.5, 0.6) is 17.2 Å². The van der Waals surface area contributed by atoms with E-state index >= 15 is 0 Å². The van der Waals surface area contributed by atoms with E-state index in [1.807, 2.05) is 26.8 Å². The molecule has 0 aliphatic heterocycles. The van der Waals surface area contributed by atoms with Gasteiger partial charge in [0.25, 0.3) is 0 Å². The van der Waals surface area contributed by atoms with Gasteiger partial charge in [-0.2, -0.15) is 0 Å². The highest BCUT2D eigenvalue weighted by Gasteiger charge is 2.17. The lowest BCUT2D eigenvalue weighted by Gasteiger charge is -2.25. The second-order valence-corrected chi connectivity index (χ2v) is 6.25. The van der Waals surface area contributed by atoms with Gasteiger partial charge in [-0.1, -0.05) is 6.42 Å². The van der Waals surface area contributed by atoms with Crippen LogP contribution in [0.1, 0.15) is 52.9 Å². The van der Waals surface area contributed by atoms with Crippen LogP contribution in [0, 0.1) is 0 Å². The van der Waals surface area contributed by atoms with Crippen LogP contribution in [0.2, 0.25) is 0 Å². The maximum absolute atomic E-state index is 9.76. The summed E-state index contributed by atoms with van der Waals surface area (Å²) in [6, 6.07) is 5.14. The molecule has 1 aromatic rings. The van der Waals surface area contributed by atoms with Gasteiger partial charge in [0.1, 0.15) is 22.8 Å². The van der Waals surface area contributed by atoms with Crippen molar-refractivity contribution >= 4 is 0 Å². The van der Waals surface area contributed by atoms with Crippen molar-refractivity contribution in [2.45, 2.75) is 64.6 Å². The molecule has 0 radical (unpaired) electrons. The first-order valence-corrected chi connectivity index (χ1v) is 7.12. The van der Waals surface area contributed by atoms with E-state index in [1.165, 1.54) is 19.3 Å². The Labute approximate surface area is 115 Å². The van der Waals surface area contributed by atoms with Gasteiger partial charge >= 0.3 is 0 Å². The van der Waals surface area contributed by atoms with Gasteiger partial charge in [0.2, 0.25) is 0 Å². The minimum absolute atomic E-state index is 0.188. The molecule has 19 heavy (non-hydrogen) atoms. The molecule has 1 saturated carbocycles. The van der Waals surface area contributed by atoms with Crippen molar-refractivity contribution in [2.24, 2.45) is 0 Å². The van der Waals surface area contributed by atoms with E-state index in [2.05, 4.69) is 0 Å². The second kappa shape index (κ2) is 5.72. The van der Waals surface area contributed by atoms with Crippen LogP contribution in [0.4, 0.5) is 0 Å². The molecular formula is C16H24O3. The molecule has 0 unspecified atom stereocenters. The maximum Gasteiger partial charge on any atom is 0.127 e. The average molecular weight is 264 g/mol. The van der Waals surface area contributed by atoms with Gasteiger partial charge in [-0.05, 0) is 46.5 Å². The van der Waals surface area contributed by atoms with Crippen molar-refractivity contribution in [3.63, 3.8) is 0 Å². The topological polar surface area (TPSA) is 38.7 Å². The molecule has 1 aliphatic carbocycles. The number of hydrogen-bond donors (Lipinski definition) is 1. The highest BCUT2D eigenvalue weighted by molar-refractivity contribution is 5.41. The first-order valence-electron chi connectivity index (χ1n) is 7.12. The molecule has 0 spiro atoms. The van der Waals surface area contributed by atoms with E-state index < -0.39 is 0 Å². The van der Waals surface area contributed by atoms with Crippen molar-refractivity contribution in [3.8, 4) is 17.2 Å². The molecule has 0 amide bonds. The predicted molar refractivity (Wildman–Crippen MR) is 76.0 cm³/mol. The predicted octanol–water partition coefficient (Wildman–Crippen LogP) is 4.28. The first-order chi connectivity index (χ1) is 8.92. The number of hydrogen-bond acceptors (Lipinski definition) is 3. The molecule has 0 bridgehead atoms. The van der Waals surface area contributed by atoms with Crippen molar-refractivity contribution in [2.75, 3.05) is 0 Å². The summed E-state index contributed by atoms with van der Waals surface area (Å²) in [7, 11) is 0. The summed E-state index contributed by atoms with van der Waals surface area (Å²) in [4.78, 5) is 0. The van der Waals surface area contributed by atoms with Gasteiger partial charge in [0.05, 0.1) is 6.10 Å². The molecule has 3 heteroatoms. The molecule has 2 rings (SSSR count). The zero-order valence-electron chi connectivity index (χ0n) is 12.1. The first kappa shape index (κ1) is 14.0. The Morgan fingerprint density at radius 2 is 1.63 bits per heavy atom. The van der Waals surface area contributed by atoms with Crippen LogP contribution < -0.4 is 9.47 Å². The van der Waals surface area contributed by atoms with E-state index in [1.54, 1.807) is 12.1 Å². The second-order valence-electron chi connectivity index (χ2n) is 6.25. The Kier molecular flexibility index (Phi) is 4.23. The Morgan fingerprint density at radius 3 is 2.26 bits per heavy atom. The molecule has 0 heterocycles. The van der Waals surface area contributed by atoms with Crippen molar-refractivity contribution < 1.29 is 14.6 Å². The summed E-state index contributed by atoms with van der Waals surface area (Å²) in [5.74, 6) is 1.54. The van der Waals surface area contributed by atoms with Crippen LogP contribution in [0.3, 0.4) is 0 Å². The van der Waals surface area contributed by atoms with Gasteiger partial charge in [-0.25, -0.2) is 0 Å². The van der Waals surface area contributed by atoms with Crippen molar-refractivity contribution in [3.05, 3.63) is 18.2 Å². The molecule has 1 fully saturated rings. The SMILES string of the molecule is CC(C)(C)Oc1cc(O)cc(OC2CCCCC2)c1. The lowest BCUT2D eigenvalue weighted by Crippen LogP contribution is -2.23. The molecule has 106 valence electrons. The molecular weight excluding hydrogens is 240 g/mol. The van der Waals surface area contributed by atoms with E-state index in [0.29, 0.717) is 11.5 Å². The largest absolute Gasteiger partial charge is 0.508 e. The standard InChI is InChI=1S/C16H24O3/c1-16(2,3)19-15-10-12(17)9-14(11-15)18-13-7-5-4-6-8-13/h9-11,13,17H,4-8H2,1-3H3.